The van der Waals surface area contributed by atoms with E-state index in [1.807, 2.05) is 0 Å². The van der Waals surface area contributed by atoms with Gasteiger partial charge in [-0.15, -0.1) is 0 Å². The summed E-state index contributed by atoms with van der Waals surface area (Å²) in [7, 11) is 1.81. The summed E-state index contributed by atoms with van der Waals surface area (Å²) in [5.41, 5.74) is 0.450. The lowest BCUT2D eigenvalue weighted by Crippen LogP contribution is -2.42. The highest BCUT2D eigenvalue weighted by Crippen LogP contribution is 2.35. The van der Waals surface area contributed by atoms with Crippen LogP contribution in [-0.2, 0) is 4.74 Å². The van der Waals surface area contributed by atoms with Gasteiger partial charge < -0.3 is 10.1 Å². The fourth-order valence-electron chi connectivity index (χ4n) is 2.37. The molecule has 0 spiro atoms. The van der Waals surface area contributed by atoms with E-state index in [0.29, 0.717) is 5.41 Å². The van der Waals surface area contributed by atoms with Gasteiger partial charge >= 0.3 is 0 Å². The van der Waals surface area contributed by atoms with E-state index in [4.69, 9.17) is 4.74 Å². The third-order valence-electron chi connectivity index (χ3n) is 3.09. The summed E-state index contributed by atoms with van der Waals surface area (Å²) in [5.74, 6) is 0. The van der Waals surface area contributed by atoms with Gasteiger partial charge in [0.1, 0.15) is 0 Å². The highest BCUT2D eigenvalue weighted by atomic mass is 16.5. The van der Waals surface area contributed by atoms with Crippen LogP contribution in [0.15, 0.2) is 0 Å². The van der Waals surface area contributed by atoms with E-state index in [1.165, 1.54) is 19.4 Å². The number of methoxy groups -OCH3 is 1. The van der Waals surface area contributed by atoms with Crippen LogP contribution in [0.1, 0.15) is 40.0 Å². The Hall–Kier alpha value is -0.0800. The van der Waals surface area contributed by atoms with Gasteiger partial charge in [-0.1, -0.05) is 6.92 Å². The van der Waals surface area contributed by atoms with Gasteiger partial charge in [0.05, 0.1) is 5.60 Å². The molecule has 0 saturated carbocycles. The molecule has 1 aliphatic heterocycles. The Balaban J connectivity index is 2.49. The Kier molecular flexibility index (Phi) is 3.36. The van der Waals surface area contributed by atoms with Gasteiger partial charge in [-0.2, -0.15) is 0 Å². The minimum absolute atomic E-state index is 0.0216. The first kappa shape index (κ1) is 11.0. The zero-order valence-electron chi connectivity index (χ0n) is 9.44. The number of ether oxygens (including phenoxy) is 1. The standard InChI is InChI=1S/C11H23NO/c1-10(2,13-4)8-11(3)6-5-7-12-9-11/h12H,5-9H2,1-4H3. The Labute approximate surface area is 82.0 Å². The molecule has 1 heterocycles. The molecule has 0 aromatic rings. The summed E-state index contributed by atoms with van der Waals surface area (Å²) in [6, 6.07) is 0. The van der Waals surface area contributed by atoms with E-state index in [2.05, 4.69) is 26.1 Å². The van der Waals surface area contributed by atoms with Crippen molar-refractivity contribution in [3.63, 3.8) is 0 Å². The summed E-state index contributed by atoms with van der Waals surface area (Å²) in [4.78, 5) is 0. The molecule has 0 aliphatic carbocycles. The molecule has 0 aromatic heterocycles. The highest BCUT2D eigenvalue weighted by Gasteiger charge is 2.33. The highest BCUT2D eigenvalue weighted by molar-refractivity contribution is 4.87. The minimum Gasteiger partial charge on any atom is -0.379 e. The Morgan fingerprint density at radius 3 is 2.62 bits per heavy atom. The summed E-state index contributed by atoms with van der Waals surface area (Å²) in [6.07, 6.45) is 3.77. The molecule has 1 N–H and O–H groups in total. The fourth-order valence-corrected chi connectivity index (χ4v) is 2.37. The van der Waals surface area contributed by atoms with E-state index in [1.54, 1.807) is 7.11 Å². The molecule has 1 saturated heterocycles. The third-order valence-corrected chi connectivity index (χ3v) is 3.09. The van der Waals surface area contributed by atoms with Crippen molar-refractivity contribution in [1.82, 2.24) is 5.32 Å². The molecule has 0 aromatic carbocycles. The van der Waals surface area contributed by atoms with E-state index in [9.17, 15) is 0 Å². The largest absolute Gasteiger partial charge is 0.379 e. The number of nitrogens with one attached hydrogen (secondary N) is 1. The molecule has 0 amide bonds. The average Bonchev–Trinajstić information content (AvgIpc) is 2.04. The lowest BCUT2D eigenvalue weighted by Gasteiger charge is -2.39. The van der Waals surface area contributed by atoms with Crippen LogP contribution in [0, 0.1) is 5.41 Å². The molecule has 0 bridgehead atoms. The SMILES string of the molecule is COC(C)(C)CC1(C)CCCNC1. The van der Waals surface area contributed by atoms with Crippen molar-refractivity contribution in [2.24, 2.45) is 5.41 Å². The summed E-state index contributed by atoms with van der Waals surface area (Å²) in [5, 5.41) is 3.47. The van der Waals surface area contributed by atoms with Crippen molar-refractivity contribution in [3.05, 3.63) is 0 Å². The van der Waals surface area contributed by atoms with Crippen molar-refractivity contribution < 1.29 is 4.74 Å². The molecule has 1 fully saturated rings. The average molecular weight is 185 g/mol. The normalized spacial score (nSPS) is 30.5. The van der Waals surface area contributed by atoms with Gasteiger partial charge in [-0.25, -0.2) is 0 Å². The zero-order valence-corrected chi connectivity index (χ0v) is 9.44. The number of piperidine rings is 1. The monoisotopic (exact) mass is 185 g/mol. The Bertz CT molecular complexity index is 159. The molecular formula is C11H23NO. The predicted octanol–water partition coefficient (Wildman–Crippen LogP) is 2.19. The Morgan fingerprint density at radius 1 is 1.46 bits per heavy atom. The number of hydrogen-bond donors (Lipinski definition) is 1. The van der Waals surface area contributed by atoms with E-state index in [0.717, 1.165) is 13.0 Å². The van der Waals surface area contributed by atoms with Gasteiger partial charge in [-0.3, -0.25) is 0 Å². The van der Waals surface area contributed by atoms with Gasteiger partial charge in [0.25, 0.3) is 0 Å². The van der Waals surface area contributed by atoms with Crippen LogP contribution in [0.25, 0.3) is 0 Å². The molecule has 1 aliphatic rings. The van der Waals surface area contributed by atoms with Crippen LogP contribution in [0.3, 0.4) is 0 Å². The van der Waals surface area contributed by atoms with Crippen molar-refractivity contribution in [3.8, 4) is 0 Å². The molecular weight excluding hydrogens is 162 g/mol. The van der Waals surface area contributed by atoms with Crippen LogP contribution in [-0.4, -0.2) is 25.8 Å². The Morgan fingerprint density at radius 2 is 2.15 bits per heavy atom. The second-order valence-electron chi connectivity index (χ2n) is 5.23. The molecule has 1 unspecified atom stereocenters. The summed E-state index contributed by atoms with van der Waals surface area (Å²) < 4.78 is 5.48. The van der Waals surface area contributed by atoms with Gasteiger partial charge in [-0.05, 0) is 45.1 Å². The molecule has 1 atom stereocenters. The minimum atomic E-state index is 0.0216. The maximum Gasteiger partial charge on any atom is 0.0628 e. The molecule has 2 heteroatoms. The van der Waals surface area contributed by atoms with E-state index in [-0.39, 0.29) is 5.60 Å². The second kappa shape index (κ2) is 3.97. The van der Waals surface area contributed by atoms with Crippen molar-refractivity contribution in [1.29, 1.82) is 0 Å². The predicted molar refractivity (Wildman–Crippen MR) is 55.9 cm³/mol. The first-order valence-corrected chi connectivity index (χ1v) is 5.23. The van der Waals surface area contributed by atoms with Crippen LogP contribution in [0.5, 0.6) is 0 Å². The first-order chi connectivity index (χ1) is 5.97. The smallest absolute Gasteiger partial charge is 0.0628 e. The van der Waals surface area contributed by atoms with Crippen LogP contribution in [0.2, 0.25) is 0 Å². The maximum absolute atomic E-state index is 5.48. The second-order valence-corrected chi connectivity index (χ2v) is 5.23. The van der Waals surface area contributed by atoms with Crippen LogP contribution >= 0.6 is 0 Å². The van der Waals surface area contributed by atoms with Crippen molar-refractivity contribution in [2.75, 3.05) is 20.2 Å². The van der Waals surface area contributed by atoms with Crippen molar-refractivity contribution in [2.45, 2.75) is 45.6 Å². The van der Waals surface area contributed by atoms with Crippen molar-refractivity contribution >= 4 is 0 Å². The molecule has 2 nitrogen and oxygen atoms in total. The molecule has 78 valence electrons. The summed E-state index contributed by atoms with van der Waals surface area (Å²) in [6.45, 7) is 9.03. The fraction of sp³-hybridized carbons (Fsp3) is 1.00. The van der Waals surface area contributed by atoms with Crippen LogP contribution < -0.4 is 5.32 Å². The molecule has 1 rings (SSSR count). The topological polar surface area (TPSA) is 21.3 Å². The summed E-state index contributed by atoms with van der Waals surface area (Å²) >= 11 is 0. The number of rotatable bonds is 3. The van der Waals surface area contributed by atoms with E-state index >= 15 is 0 Å². The van der Waals surface area contributed by atoms with Gasteiger partial charge in [0.15, 0.2) is 0 Å². The van der Waals surface area contributed by atoms with Gasteiger partial charge in [0.2, 0.25) is 0 Å². The maximum atomic E-state index is 5.48. The first-order valence-electron chi connectivity index (χ1n) is 5.23. The van der Waals surface area contributed by atoms with Crippen LogP contribution in [0.4, 0.5) is 0 Å². The lowest BCUT2D eigenvalue weighted by atomic mass is 9.75. The molecule has 0 radical (unpaired) electrons. The quantitative estimate of drug-likeness (QED) is 0.727. The zero-order chi connectivity index (χ0) is 9.95. The third kappa shape index (κ3) is 3.28. The lowest BCUT2D eigenvalue weighted by molar-refractivity contribution is -0.0219. The van der Waals surface area contributed by atoms with E-state index < -0.39 is 0 Å². The number of hydrogen-bond acceptors (Lipinski definition) is 2. The molecule has 13 heavy (non-hydrogen) atoms. The van der Waals surface area contributed by atoms with Gasteiger partial charge in [0, 0.05) is 13.7 Å².